The molecule has 1 rings (SSSR count). The summed E-state index contributed by atoms with van der Waals surface area (Å²) in [5.41, 5.74) is 1.23. The van der Waals surface area contributed by atoms with E-state index >= 15 is 0 Å². The fourth-order valence-electron chi connectivity index (χ4n) is 1.23. The third-order valence-electron chi connectivity index (χ3n) is 2.32. The number of halogens is 1. The Morgan fingerprint density at radius 2 is 1.65 bits per heavy atom. The number of hydrogen-bond acceptors (Lipinski definition) is 2. The van der Waals surface area contributed by atoms with Gasteiger partial charge < -0.3 is 5.32 Å². The van der Waals surface area contributed by atoms with Gasteiger partial charge in [-0.15, -0.1) is 11.6 Å². The minimum Gasteiger partial charge on any atom is -0.326 e. The van der Waals surface area contributed by atoms with Crippen LogP contribution in [0.25, 0.3) is 0 Å². The van der Waals surface area contributed by atoms with Crippen LogP contribution >= 0.6 is 11.6 Å². The lowest BCUT2D eigenvalue weighted by molar-refractivity contribution is -0.118. The number of nitrogens with one attached hydrogen (secondary N) is 1. The number of hydrogen-bond donors (Lipinski definition) is 1. The fourth-order valence-corrected chi connectivity index (χ4v) is 1.36. The Balaban J connectivity index is 2.75. The molecule has 1 N–H and O–H groups in total. The second-order valence-corrected chi connectivity index (χ2v) is 4.86. The molecule has 1 aromatic rings. The zero-order valence-electron chi connectivity index (χ0n) is 10.2. The first-order valence-corrected chi connectivity index (χ1v) is 5.94. The molecule has 0 aliphatic rings. The number of anilines is 1. The summed E-state index contributed by atoms with van der Waals surface area (Å²) in [7, 11) is 0. The molecule has 1 amide bonds. The van der Waals surface area contributed by atoms with Crippen molar-refractivity contribution < 1.29 is 9.59 Å². The maximum atomic E-state index is 11.6. The van der Waals surface area contributed by atoms with Crippen molar-refractivity contribution in [3.63, 3.8) is 0 Å². The van der Waals surface area contributed by atoms with Crippen molar-refractivity contribution in [3.8, 4) is 0 Å². The first-order chi connectivity index (χ1) is 7.91. The Morgan fingerprint density at radius 1 is 1.12 bits per heavy atom. The van der Waals surface area contributed by atoms with Gasteiger partial charge in [0.25, 0.3) is 0 Å². The number of carbonyl (C=O) groups is 2. The zero-order valence-corrected chi connectivity index (χ0v) is 10.9. The second kappa shape index (κ2) is 5.82. The Hall–Kier alpha value is -1.35. The van der Waals surface area contributed by atoms with Crippen LogP contribution in [0.2, 0.25) is 0 Å². The van der Waals surface area contributed by atoms with Crippen LogP contribution in [0.3, 0.4) is 0 Å². The largest absolute Gasteiger partial charge is 0.326 e. The molecule has 0 aromatic heterocycles. The lowest BCUT2D eigenvalue weighted by Gasteiger charge is -2.08. The van der Waals surface area contributed by atoms with E-state index in [1.807, 2.05) is 13.8 Å². The molecule has 0 saturated heterocycles. The van der Waals surface area contributed by atoms with Crippen molar-refractivity contribution in [2.24, 2.45) is 5.92 Å². The van der Waals surface area contributed by atoms with Crippen LogP contribution in [-0.4, -0.2) is 17.1 Å². The second-order valence-electron chi connectivity index (χ2n) is 4.20. The molecule has 4 heteroatoms. The summed E-state index contributed by atoms with van der Waals surface area (Å²) >= 11 is 5.71. The van der Waals surface area contributed by atoms with Crippen molar-refractivity contribution in [1.82, 2.24) is 0 Å². The standard InChI is InChI=1S/C13H16ClNO2/c1-8(2)13(17)15-11-6-4-10(5-7-11)12(16)9(3)14/h4-9H,1-3H3,(H,15,17). The highest BCUT2D eigenvalue weighted by Crippen LogP contribution is 2.13. The highest BCUT2D eigenvalue weighted by atomic mass is 35.5. The average Bonchev–Trinajstić information content (AvgIpc) is 2.28. The van der Waals surface area contributed by atoms with Gasteiger partial charge in [-0.05, 0) is 31.2 Å². The van der Waals surface area contributed by atoms with Crippen molar-refractivity contribution in [3.05, 3.63) is 29.8 Å². The highest BCUT2D eigenvalue weighted by molar-refractivity contribution is 6.33. The molecular weight excluding hydrogens is 238 g/mol. The summed E-state index contributed by atoms with van der Waals surface area (Å²) in [6.07, 6.45) is 0. The van der Waals surface area contributed by atoms with E-state index in [2.05, 4.69) is 5.32 Å². The van der Waals surface area contributed by atoms with Gasteiger partial charge >= 0.3 is 0 Å². The van der Waals surface area contributed by atoms with Gasteiger partial charge in [0.1, 0.15) is 0 Å². The van der Waals surface area contributed by atoms with E-state index in [1.54, 1.807) is 31.2 Å². The number of benzene rings is 1. The summed E-state index contributed by atoms with van der Waals surface area (Å²) in [4.78, 5) is 23.0. The van der Waals surface area contributed by atoms with Gasteiger partial charge in [0, 0.05) is 17.2 Å². The molecule has 1 unspecified atom stereocenters. The van der Waals surface area contributed by atoms with Gasteiger partial charge in [-0.3, -0.25) is 9.59 Å². The number of alkyl halides is 1. The normalized spacial score (nSPS) is 12.3. The van der Waals surface area contributed by atoms with E-state index in [-0.39, 0.29) is 17.6 Å². The molecule has 0 saturated carbocycles. The van der Waals surface area contributed by atoms with E-state index in [4.69, 9.17) is 11.6 Å². The number of amides is 1. The molecule has 0 aliphatic heterocycles. The minimum atomic E-state index is -0.536. The zero-order chi connectivity index (χ0) is 13.0. The Morgan fingerprint density at radius 3 is 2.06 bits per heavy atom. The van der Waals surface area contributed by atoms with E-state index in [0.717, 1.165) is 0 Å². The molecule has 1 aromatic carbocycles. The first kappa shape index (κ1) is 13.7. The third-order valence-corrected chi connectivity index (χ3v) is 2.52. The van der Waals surface area contributed by atoms with Gasteiger partial charge in [-0.25, -0.2) is 0 Å². The molecule has 0 bridgehead atoms. The maximum Gasteiger partial charge on any atom is 0.226 e. The van der Waals surface area contributed by atoms with Crippen molar-refractivity contribution in [2.75, 3.05) is 5.32 Å². The first-order valence-electron chi connectivity index (χ1n) is 5.51. The summed E-state index contributed by atoms with van der Waals surface area (Å²) < 4.78 is 0. The summed E-state index contributed by atoms with van der Waals surface area (Å²) in [6, 6.07) is 6.73. The summed E-state index contributed by atoms with van der Waals surface area (Å²) in [5.74, 6) is -0.234. The lowest BCUT2D eigenvalue weighted by Crippen LogP contribution is -2.17. The molecular formula is C13H16ClNO2. The quantitative estimate of drug-likeness (QED) is 0.662. The lowest BCUT2D eigenvalue weighted by atomic mass is 10.1. The molecule has 3 nitrogen and oxygen atoms in total. The van der Waals surface area contributed by atoms with E-state index in [0.29, 0.717) is 11.3 Å². The minimum absolute atomic E-state index is 0.0465. The van der Waals surface area contributed by atoms with Crippen LogP contribution in [-0.2, 0) is 4.79 Å². The van der Waals surface area contributed by atoms with Crippen LogP contribution in [0.5, 0.6) is 0 Å². The number of Topliss-reactive ketones (excluding diaryl/α,β-unsaturated/α-hetero) is 1. The van der Waals surface area contributed by atoms with Crippen LogP contribution < -0.4 is 5.32 Å². The molecule has 0 fully saturated rings. The highest BCUT2D eigenvalue weighted by Gasteiger charge is 2.12. The third kappa shape index (κ3) is 3.86. The molecule has 0 aliphatic carbocycles. The van der Waals surface area contributed by atoms with E-state index in [1.165, 1.54) is 0 Å². The Kier molecular flexibility index (Phi) is 4.70. The molecule has 0 heterocycles. The van der Waals surface area contributed by atoms with Crippen molar-refractivity contribution in [1.29, 1.82) is 0 Å². The van der Waals surface area contributed by atoms with Crippen LogP contribution in [0.4, 0.5) is 5.69 Å². The molecule has 0 spiro atoms. The molecule has 1 atom stereocenters. The van der Waals surface area contributed by atoms with Crippen molar-refractivity contribution in [2.45, 2.75) is 26.1 Å². The predicted octanol–water partition coefficient (Wildman–Crippen LogP) is 3.09. The van der Waals surface area contributed by atoms with Crippen LogP contribution in [0, 0.1) is 5.92 Å². The van der Waals surface area contributed by atoms with Gasteiger partial charge in [-0.1, -0.05) is 13.8 Å². The van der Waals surface area contributed by atoms with Gasteiger partial charge in [0.05, 0.1) is 5.38 Å². The summed E-state index contributed by atoms with van der Waals surface area (Å²) in [5, 5.41) is 2.22. The van der Waals surface area contributed by atoms with Crippen LogP contribution in [0.15, 0.2) is 24.3 Å². The van der Waals surface area contributed by atoms with E-state index < -0.39 is 5.38 Å². The van der Waals surface area contributed by atoms with Gasteiger partial charge in [-0.2, -0.15) is 0 Å². The molecule has 17 heavy (non-hydrogen) atoms. The number of rotatable bonds is 4. The van der Waals surface area contributed by atoms with E-state index in [9.17, 15) is 9.59 Å². The Labute approximate surface area is 106 Å². The number of carbonyl (C=O) groups excluding carboxylic acids is 2. The van der Waals surface area contributed by atoms with Crippen molar-refractivity contribution >= 4 is 29.0 Å². The summed E-state index contributed by atoms with van der Waals surface area (Å²) in [6.45, 7) is 5.28. The van der Waals surface area contributed by atoms with Gasteiger partial charge in [0.2, 0.25) is 5.91 Å². The van der Waals surface area contributed by atoms with Crippen LogP contribution in [0.1, 0.15) is 31.1 Å². The maximum absolute atomic E-state index is 11.6. The Bertz CT molecular complexity index is 410. The fraction of sp³-hybridized carbons (Fsp3) is 0.385. The van der Waals surface area contributed by atoms with Gasteiger partial charge in [0.15, 0.2) is 5.78 Å². The smallest absolute Gasteiger partial charge is 0.226 e. The SMILES string of the molecule is CC(C)C(=O)Nc1ccc(C(=O)C(C)Cl)cc1. The molecule has 92 valence electrons. The monoisotopic (exact) mass is 253 g/mol. The predicted molar refractivity (Wildman–Crippen MR) is 69.6 cm³/mol. The average molecular weight is 254 g/mol. The number of ketones is 1. The topological polar surface area (TPSA) is 46.2 Å². The molecule has 0 radical (unpaired) electrons.